The summed E-state index contributed by atoms with van der Waals surface area (Å²) in [5, 5.41) is 4.61. The van der Waals surface area contributed by atoms with Crippen LogP contribution in [0.4, 0.5) is 0 Å². The first-order valence-electron chi connectivity index (χ1n) is 4.82. The van der Waals surface area contributed by atoms with Crippen LogP contribution in [0, 0.1) is 0 Å². The second kappa shape index (κ2) is 15.4. The zero-order valence-corrected chi connectivity index (χ0v) is 11.0. The van der Waals surface area contributed by atoms with Crippen molar-refractivity contribution in [3.63, 3.8) is 0 Å². The quantitative estimate of drug-likeness (QED) is 0.688. The van der Waals surface area contributed by atoms with Crippen molar-refractivity contribution in [3.05, 3.63) is 12.0 Å². The van der Waals surface area contributed by atoms with E-state index in [1.165, 1.54) is 6.92 Å². The molecule has 0 atom stereocenters. The third-order valence-corrected chi connectivity index (χ3v) is 3.00. The highest BCUT2D eigenvalue weighted by atomic mass is 32.2. The first kappa shape index (κ1) is 16.3. The third kappa shape index (κ3) is 17.9. The highest BCUT2D eigenvalue weighted by molar-refractivity contribution is 8.04. The Balaban J connectivity index is 0. The molecule has 2 nitrogen and oxygen atoms in total. The van der Waals surface area contributed by atoms with E-state index in [4.69, 9.17) is 0 Å². The van der Waals surface area contributed by atoms with Crippen molar-refractivity contribution in [2.75, 3.05) is 23.8 Å². The number of carbonyl (C=O) groups excluding carboxylic acids is 1. The standard InChI is InChI=1S/C8H15NOS2.C2H6/c1-3-11-6-7-12-5-4-9-8(2)10;1-2/h3H,1,4-7H2,2H3,(H,9,10);1-2H3. The number of hydrogen-bond donors (Lipinski definition) is 1. The molecular weight excluding hydrogens is 214 g/mol. The van der Waals surface area contributed by atoms with E-state index < -0.39 is 0 Å². The summed E-state index contributed by atoms with van der Waals surface area (Å²) in [4.78, 5) is 10.4. The summed E-state index contributed by atoms with van der Waals surface area (Å²) in [5.41, 5.74) is 0. The summed E-state index contributed by atoms with van der Waals surface area (Å²) in [5.74, 6) is 3.28. The molecule has 0 radical (unpaired) electrons. The second-order valence-corrected chi connectivity index (χ2v) is 4.43. The van der Waals surface area contributed by atoms with E-state index in [2.05, 4.69) is 11.9 Å². The SMILES string of the molecule is C=CSCCSCCNC(C)=O.CC. The summed E-state index contributed by atoms with van der Waals surface area (Å²) in [6, 6.07) is 0. The minimum Gasteiger partial charge on any atom is -0.356 e. The molecule has 0 aliphatic carbocycles. The van der Waals surface area contributed by atoms with E-state index in [-0.39, 0.29) is 5.91 Å². The molecule has 4 heteroatoms. The van der Waals surface area contributed by atoms with E-state index in [1.807, 2.05) is 31.0 Å². The molecule has 0 aromatic heterocycles. The van der Waals surface area contributed by atoms with Gasteiger partial charge in [-0.3, -0.25) is 4.79 Å². The van der Waals surface area contributed by atoms with Gasteiger partial charge in [0.05, 0.1) is 0 Å². The topological polar surface area (TPSA) is 29.1 Å². The van der Waals surface area contributed by atoms with Gasteiger partial charge >= 0.3 is 0 Å². The molecule has 0 unspecified atom stereocenters. The van der Waals surface area contributed by atoms with Crippen LogP contribution < -0.4 is 5.32 Å². The van der Waals surface area contributed by atoms with Crippen molar-refractivity contribution in [1.29, 1.82) is 0 Å². The van der Waals surface area contributed by atoms with Gasteiger partial charge in [0.2, 0.25) is 5.91 Å². The molecule has 0 spiro atoms. The number of carbonyl (C=O) groups is 1. The van der Waals surface area contributed by atoms with Crippen LogP contribution in [-0.4, -0.2) is 29.7 Å². The normalized spacial score (nSPS) is 8.50. The summed E-state index contributed by atoms with van der Waals surface area (Å²) >= 11 is 3.58. The molecule has 0 saturated heterocycles. The van der Waals surface area contributed by atoms with Gasteiger partial charge in [-0.15, -0.1) is 11.8 Å². The van der Waals surface area contributed by atoms with Crippen LogP contribution >= 0.6 is 23.5 Å². The Labute approximate surface area is 96.3 Å². The summed E-state index contributed by atoms with van der Waals surface area (Å²) < 4.78 is 0. The van der Waals surface area contributed by atoms with Crippen LogP contribution in [0.3, 0.4) is 0 Å². The molecule has 0 aliphatic heterocycles. The van der Waals surface area contributed by atoms with Crippen LogP contribution in [0.5, 0.6) is 0 Å². The fraction of sp³-hybridized carbons (Fsp3) is 0.700. The van der Waals surface area contributed by atoms with Crippen molar-refractivity contribution >= 4 is 29.4 Å². The highest BCUT2D eigenvalue weighted by Gasteiger charge is 1.90. The molecule has 0 aromatic carbocycles. The van der Waals surface area contributed by atoms with Crippen molar-refractivity contribution in [2.24, 2.45) is 0 Å². The summed E-state index contributed by atoms with van der Waals surface area (Å²) in [6.07, 6.45) is 0. The minimum atomic E-state index is 0.0519. The lowest BCUT2D eigenvalue weighted by atomic mass is 10.6. The zero-order valence-electron chi connectivity index (χ0n) is 9.34. The zero-order chi connectivity index (χ0) is 11.2. The summed E-state index contributed by atoms with van der Waals surface area (Å²) in [7, 11) is 0. The molecule has 1 N–H and O–H groups in total. The number of hydrogen-bond acceptors (Lipinski definition) is 3. The van der Waals surface area contributed by atoms with Gasteiger partial charge in [0.1, 0.15) is 0 Å². The van der Waals surface area contributed by atoms with Gasteiger partial charge in [0, 0.05) is 30.7 Å². The lowest BCUT2D eigenvalue weighted by molar-refractivity contribution is -0.118. The van der Waals surface area contributed by atoms with Gasteiger partial charge in [-0.25, -0.2) is 0 Å². The molecular formula is C10H21NOS2. The maximum atomic E-state index is 10.4. The predicted octanol–water partition coefficient (Wildman–Crippen LogP) is 2.76. The Kier molecular flexibility index (Phi) is 18.0. The van der Waals surface area contributed by atoms with Crippen molar-refractivity contribution in [2.45, 2.75) is 20.8 Å². The Bertz CT molecular complexity index is 140. The fourth-order valence-electron chi connectivity index (χ4n) is 0.592. The third-order valence-electron chi connectivity index (χ3n) is 1.08. The molecule has 0 aliphatic rings. The lowest BCUT2D eigenvalue weighted by Gasteiger charge is -2.00. The first-order valence-corrected chi connectivity index (χ1v) is 7.02. The average molecular weight is 235 g/mol. The number of nitrogens with one attached hydrogen (secondary N) is 1. The maximum absolute atomic E-state index is 10.4. The molecule has 0 heterocycles. The number of amides is 1. The molecule has 14 heavy (non-hydrogen) atoms. The number of rotatable bonds is 7. The van der Waals surface area contributed by atoms with Crippen LogP contribution in [0.15, 0.2) is 12.0 Å². The molecule has 0 aromatic rings. The fourth-order valence-corrected chi connectivity index (χ4v) is 2.07. The van der Waals surface area contributed by atoms with Gasteiger partial charge < -0.3 is 5.32 Å². The molecule has 0 fully saturated rings. The van der Waals surface area contributed by atoms with Gasteiger partial charge in [-0.1, -0.05) is 20.4 Å². The van der Waals surface area contributed by atoms with E-state index >= 15 is 0 Å². The largest absolute Gasteiger partial charge is 0.356 e. The number of thioether (sulfide) groups is 2. The van der Waals surface area contributed by atoms with E-state index in [0.29, 0.717) is 0 Å². The maximum Gasteiger partial charge on any atom is 0.216 e. The van der Waals surface area contributed by atoms with Crippen LogP contribution in [-0.2, 0) is 4.79 Å². The van der Waals surface area contributed by atoms with Crippen molar-refractivity contribution < 1.29 is 4.79 Å². The van der Waals surface area contributed by atoms with Gasteiger partial charge in [0.25, 0.3) is 0 Å². The Hall–Kier alpha value is -0.0900. The van der Waals surface area contributed by atoms with Crippen LogP contribution in [0.25, 0.3) is 0 Å². The lowest BCUT2D eigenvalue weighted by Crippen LogP contribution is -2.22. The second-order valence-electron chi connectivity index (χ2n) is 2.13. The van der Waals surface area contributed by atoms with Gasteiger partial charge in [-0.05, 0) is 5.41 Å². The Morgan fingerprint density at radius 3 is 2.50 bits per heavy atom. The van der Waals surface area contributed by atoms with Crippen molar-refractivity contribution in [3.8, 4) is 0 Å². The molecule has 0 saturated carbocycles. The highest BCUT2D eigenvalue weighted by Crippen LogP contribution is 2.05. The van der Waals surface area contributed by atoms with Gasteiger partial charge in [0.15, 0.2) is 0 Å². The first-order chi connectivity index (χ1) is 6.77. The smallest absolute Gasteiger partial charge is 0.216 e. The monoisotopic (exact) mass is 235 g/mol. The minimum absolute atomic E-state index is 0.0519. The van der Waals surface area contributed by atoms with E-state index in [0.717, 1.165) is 23.8 Å². The van der Waals surface area contributed by atoms with Crippen molar-refractivity contribution in [1.82, 2.24) is 5.32 Å². The molecule has 1 amide bonds. The van der Waals surface area contributed by atoms with E-state index in [9.17, 15) is 4.79 Å². The Morgan fingerprint density at radius 2 is 2.00 bits per heavy atom. The Morgan fingerprint density at radius 1 is 1.36 bits per heavy atom. The van der Waals surface area contributed by atoms with Crippen LogP contribution in [0.2, 0.25) is 0 Å². The predicted molar refractivity (Wildman–Crippen MR) is 70.0 cm³/mol. The molecule has 0 bridgehead atoms. The van der Waals surface area contributed by atoms with Gasteiger partial charge in [-0.2, -0.15) is 11.8 Å². The summed E-state index contributed by atoms with van der Waals surface area (Å²) in [6.45, 7) is 9.93. The molecule has 84 valence electrons. The average Bonchev–Trinajstić information content (AvgIpc) is 2.19. The van der Waals surface area contributed by atoms with E-state index in [1.54, 1.807) is 11.8 Å². The molecule has 0 rings (SSSR count). The van der Waals surface area contributed by atoms with Crippen LogP contribution in [0.1, 0.15) is 20.8 Å².